The van der Waals surface area contributed by atoms with E-state index in [0.29, 0.717) is 31.5 Å². The molecule has 0 bridgehead atoms. The number of aliphatic carboxylic acids is 1. The molecule has 0 aromatic heterocycles. The summed E-state index contributed by atoms with van der Waals surface area (Å²) in [5.74, 6) is -0.910. The number of carbonyl (C=O) groups is 3. The topological polar surface area (TPSA) is 99.1 Å². The van der Waals surface area contributed by atoms with Gasteiger partial charge in [-0.15, -0.1) is 0 Å². The number of nitrogens with one attached hydrogen (secondary N) is 1. The SMILES string of the molecule is CC(CCNC(=O)C1=NN(C)C(=O)CC1)CCC(=O)O. The van der Waals surface area contributed by atoms with Crippen molar-refractivity contribution in [1.29, 1.82) is 0 Å². The van der Waals surface area contributed by atoms with Crippen LogP contribution in [0.1, 0.15) is 39.0 Å². The molecule has 0 aliphatic carbocycles. The van der Waals surface area contributed by atoms with Crippen molar-refractivity contribution in [2.45, 2.75) is 39.0 Å². The Morgan fingerprint density at radius 1 is 1.40 bits per heavy atom. The first-order chi connectivity index (χ1) is 9.40. The maximum atomic E-state index is 11.8. The van der Waals surface area contributed by atoms with E-state index in [1.807, 2.05) is 6.92 Å². The molecule has 1 aliphatic heterocycles. The lowest BCUT2D eigenvalue weighted by molar-refractivity contribution is -0.137. The van der Waals surface area contributed by atoms with Crippen molar-refractivity contribution in [3.63, 3.8) is 0 Å². The van der Waals surface area contributed by atoms with Gasteiger partial charge in [-0.2, -0.15) is 5.10 Å². The van der Waals surface area contributed by atoms with Crippen molar-refractivity contribution in [2.24, 2.45) is 11.0 Å². The molecule has 7 heteroatoms. The van der Waals surface area contributed by atoms with Crippen LogP contribution in [-0.2, 0) is 14.4 Å². The minimum absolute atomic E-state index is 0.0937. The average Bonchev–Trinajstić information content (AvgIpc) is 2.39. The van der Waals surface area contributed by atoms with E-state index in [4.69, 9.17) is 5.11 Å². The molecule has 1 aliphatic rings. The number of rotatable bonds is 7. The van der Waals surface area contributed by atoms with E-state index in [9.17, 15) is 14.4 Å². The minimum Gasteiger partial charge on any atom is -0.481 e. The van der Waals surface area contributed by atoms with E-state index in [1.54, 1.807) is 0 Å². The third kappa shape index (κ3) is 5.38. The predicted octanol–water partition coefficient (Wildman–Crippen LogP) is 0.602. The summed E-state index contributed by atoms with van der Waals surface area (Å²) in [7, 11) is 1.53. The molecule has 0 fully saturated rings. The Morgan fingerprint density at radius 2 is 2.10 bits per heavy atom. The Bertz CT molecular complexity index is 420. The number of carboxylic acids is 1. The highest BCUT2D eigenvalue weighted by Crippen LogP contribution is 2.10. The normalized spacial score (nSPS) is 16.6. The standard InChI is InChI=1S/C13H21N3O4/c1-9(3-6-12(18)19)7-8-14-13(20)10-4-5-11(17)16(2)15-10/h9H,3-8H2,1-2H3,(H,14,20)(H,18,19). The molecule has 1 heterocycles. The number of carboxylic acid groups (broad SMARTS) is 1. The highest BCUT2D eigenvalue weighted by atomic mass is 16.4. The van der Waals surface area contributed by atoms with Crippen molar-refractivity contribution in [3.05, 3.63) is 0 Å². The highest BCUT2D eigenvalue weighted by Gasteiger charge is 2.21. The van der Waals surface area contributed by atoms with Crippen molar-refractivity contribution < 1.29 is 19.5 Å². The van der Waals surface area contributed by atoms with Crippen molar-refractivity contribution >= 4 is 23.5 Å². The van der Waals surface area contributed by atoms with Gasteiger partial charge in [-0.25, -0.2) is 5.01 Å². The molecular formula is C13H21N3O4. The Hall–Kier alpha value is -1.92. The average molecular weight is 283 g/mol. The fraction of sp³-hybridized carbons (Fsp3) is 0.692. The number of nitrogens with zero attached hydrogens (tertiary/aromatic N) is 2. The predicted molar refractivity (Wildman–Crippen MR) is 73.1 cm³/mol. The minimum atomic E-state index is -0.801. The third-order valence-electron chi connectivity index (χ3n) is 3.24. The summed E-state index contributed by atoms with van der Waals surface area (Å²) in [6.45, 7) is 2.44. The van der Waals surface area contributed by atoms with E-state index >= 15 is 0 Å². The van der Waals surface area contributed by atoms with E-state index in [2.05, 4.69) is 10.4 Å². The zero-order valence-electron chi connectivity index (χ0n) is 11.9. The van der Waals surface area contributed by atoms with Crippen molar-refractivity contribution in [3.8, 4) is 0 Å². The molecular weight excluding hydrogens is 262 g/mol. The van der Waals surface area contributed by atoms with Crippen LogP contribution in [0.2, 0.25) is 0 Å². The Kier molecular flexibility index (Phi) is 6.14. The summed E-state index contributed by atoms with van der Waals surface area (Å²) < 4.78 is 0. The molecule has 20 heavy (non-hydrogen) atoms. The van der Waals surface area contributed by atoms with Gasteiger partial charge >= 0.3 is 5.97 Å². The molecule has 0 aromatic carbocycles. The maximum Gasteiger partial charge on any atom is 0.303 e. The number of hydrogen-bond acceptors (Lipinski definition) is 4. The second-order valence-electron chi connectivity index (χ2n) is 5.05. The van der Waals surface area contributed by atoms with Crippen LogP contribution in [0, 0.1) is 5.92 Å². The first-order valence-corrected chi connectivity index (χ1v) is 6.74. The van der Waals surface area contributed by atoms with Gasteiger partial charge in [0, 0.05) is 32.9 Å². The fourth-order valence-electron chi connectivity index (χ4n) is 1.88. The van der Waals surface area contributed by atoms with Gasteiger partial charge in [0.05, 0.1) is 0 Å². The molecule has 1 rings (SSSR count). The fourth-order valence-corrected chi connectivity index (χ4v) is 1.88. The lowest BCUT2D eigenvalue weighted by atomic mass is 10.0. The zero-order chi connectivity index (χ0) is 15.1. The molecule has 112 valence electrons. The van der Waals surface area contributed by atoms with Crippen LogP contribution < -0.4 is 5.32 Å². The summed E-state index contributed by atoms with van der Waals surface area (Å²) in [5, 5.41) is 16.4. The summed E-state index contributed by atoms with van der Waals surface area (Å²) in [6, 6.07) is 0. The molecule has 0 saturated carbocycles. The number of carbonyl (C=O) groups excluding carboxylic acids is 2. The van der Waals surface area contributed by atoms with Gasteiger partial charge in [0.15, 0.2) is 0 Å². The molecule has 2 amide bonds. The first kappa shape index (κ1) is 16.1. The van der Waals surface area contributed by atoms with Gasteiger partial charge in [-0.1, -0.05) is 6.92 Å². The summed E-state index contributed by atoms with van der Waals surface area (Å²) in [5.41, 5.74) is 0.366. The second kappa shape index (κ2) is 7.62. The summed E-state index contributed by atoms with van der Waals surface area (Å²) in [4.78, 5) is 33.5. The second-order valence-corrected chi connectivity index (χ2v) is 5.05. The Balaban J connectivity index is 2.28. The van der Waals surface area contributed by atoms with Crippen LogP contribution in [0.25, 0.3) is 0 Å². The van der Waals surface area contributed by atoms with Gasteiger partial charge in [0.1, 0.15) is 5.71 Å². The largest absolute Gasteiger partial charge is 0.481 e. The van der Waals surface area contributed by atoms with E-state index < -0.39 is 5.97 Å². The van der Waals surface area contributed by atoms with Crippen molar-refractivity contribution in [1.82, 2.24) is 10.3 Å². The van der Waals surface area contributed by atoms with E-state index in [0.717, 1.165) is 6.42 Å². The number of hydrazone groups is 1. The zero-order valence-corrected chi connectivity index (χ0v) is 11.9. The first-order valence-electron chi connectivity index (χ1n) is 6.74. The monoisotopic (exact) mass is 283 g/mol. The number of amides is 2. The van der Waals surface area contributed by atoms with Crippen LogP contribution in [0.5, 0.6) is 0 Å². The summed E-state index contributed by atoms with van der Waals surface area (Å²) >= 11 is 0. The molecule has 0 radical (unpaired) electrons. The highest BCUT2D eigenvalue weighted by molar-refractivity contribution is 6.39. The van der Waals surface area contributed by atoms with E-state index in [1.165, 1.54) is 12.1 Å². The van der Waals surface area contributed by atoms with Gasteiger partial charge in [0.2, 0.25) is 5.91 Å². The smallest absolute Gasteiger partial charge is 0.303 e. The summed E-state index contributed by atoms with van der Waals surface area (Å²) in [6.07, 6.45) is 2.14. The van der Waals surface area contributed by atoms with Crippen LogP contribution >= 0.6 is 0 Å². The van der Waals surface area contributed by atoms with Gasteiger partial charge in [-0.3, -0.25) is 14.4 Å². The van der Waals surface area contributed by atoms with Crippen LogP contribution in [-0.4, -0.2) is 47.2 Å². The Morgan fingerprint density at radius 3 is 2.70 bits per heavy atom. The lowest BCUT2D eigenvalue weighted by Gasteiger charge is -2.19. The van der Waals surface area contributed by atoms with Gasteiger partial charge in [-0.05, 0) is 18.8 Å². The van der Waals surface area contributed by atoms with Crippen LogP contribution in [0.3, 0.4) is 0 Å². The molecule has 2 N–H and O–H groups in total. The number of hydrogen-bond donors (Lipinski definition) is 2. The van der Waals surface area contributed by atoms with Crippen LogP contribution in [0.15, 0.2) is 5.10 Å². The van der Waals surface area contributed by atoms with Gasteiger partial charge in [0.25, 0.3) is 5.91 Å². The van der Waals surface area contributed by atoms with Gasteiger partial charge < -0.3 is 10.4 Å². The molecule has 1 unspecified atom stereocenters. The Labute approximate surface area is 118 Å². The lowest BCUT2D eigenvalue weighted by Crippen LogP contribution is -2.38. The molecule has 0 saturated heterocycles. The third-order valence-corrected chi connectivity index (χ3v) is 3.24. The molecule has 1 atom stereocenters. The van der Waals surface area contributed by atoms with Crippen LogP contribution in [0.4, 0.5) is 0 Å². The molecule has 0 aromatic rings. The van der Waals surface area contributed by atoms with Crippen molar-refractivity contribution in [2.75, 3.05) is 13.6 Å². The van der Waals surface area contributed by atoms with E-state index in [-0.39, 0.29) is 24.2 Å². The molecule has 7 nitrogen and oxygen atoms in total. The maximum absolute atomic E-state index is 11.8. The quantitative estimate of drug-likeness (QED) is 0.714. The molecule has 0 spiro atoms.